The second-order valence-corrected chi connectivity index (χ2v) is 4.24. The molecular weight excluding hydrogens is 204 g/mol. The van der Waals surface area contributed by atoms with Gasteiger partial charge in [0.25, 0.3) is 0 Å². The Kier molecular flexibility index (Phi) is 5.93. The van der Waals surface area contributed by atoms with E-state index in [0.29, 0.717) is 19.1 Å². The summed E-state index contributed by atoms with van der Waals surface area (Å²) in [6, 6.07) is 0.230. The molecule has 0 bridgehead atoms. The number of hydrogen-bond acceptors (Lipinski definition) is 2. The van der Waals surface area contributed by atoms with Crippen LogP contribution in [0.15, 0.2) is 12.7 Å². The maximum absolute atomic E-state index is 11.8. The minimum Gasteiger partial charge on any atom is -0.395 e. The number of aliphatic hydroxyl groups excluding tert-OH is 1. The second-order valence-electron chi connectivity index (χ2n) is 4.24. The SMILES string of the molecule is C=CCN(CCO)C(=O)NC1CCCCC1. The highest BCUT2D eigenvalue weighted by molar-refractivity contribution is 5.74. The van der Waals surface area contributed by atoms with Crippen LogP contribution in [-0.4, -0.2) is 41.8 Å². The lowest BCUT2D eigenvalue weighted by molar-refractivity contribution is 0.177. The fourth-order valence-electron chi connectivity index (χ4n) is 2.07. The van der Waals surface area contributed by atoms with E-state index in [1.54, 1.807) is 11.0 Å². The zero-order valence-electron chi connectivity index (χ0n) is 9.82. The smallest absolute Gasteiger partial charge is 0.317 e. The van der Waals surface area contributed by atoms with Crippen LogP contribution >= 0.6 is 0 Å². The van der Waals surface area contributed by atoms with Crippen molar-refractivity contribution >= 4 is 6.03 Å². The Morgan fingerprint density at radius 1 is 1.44 bits per heavy atom. The van der Waals surface area contributed by atoms with Crippen molar-refractivity contribution in [2.75, 3.05) is 19.7 Å². The normalized spacial score (nSPS) is 16.8. The van der Waals surface area contributed by atoms with Crippen molar-refractivity contribution in [3.63, 3.8) is 0 Å². The van der Waals surface area contributed by atoms with E-state index in [1.165, 1.54) is 19.3 Å². The van der Waals surface area contributed by atoms with E-state index in [2.05, 4.69) is 11.9 Å². The molecule has 2 amide bonds. The lowest BCUT2D eigenvalue weighted by Gasteiger charge is -2.27. The molecule has 0 spiro atoms. The summed E-state index contributed by atoms with van der Waals surface area (Å²) < 4.78 is 0. The molecule has 0 heterocycles. The Morgan fingerprint density at radius 2 is 2.12 bits per heavy atom. The van der Waals surface area contributed by atoms with Gasteiger partial charge in [0.1, 0.15) is 0 Å². The number of amides is 2. The molecular formula is C12H22N2O2. The maximum Gasteiger partial charge on any atom is 0.317 e. The van der Waals surface area contributed by atoms with E-state index >= 15 is 0 Å². The van der Waals surface area contributed by atoms with Gasteiger partial charge in [-0.1, -0.05) is 25.3 Å². The van der Waals surface area contributed by atoms with E-state index in [-0.39, 0.29) is 12.6 Å². The summed E-state index contributed by atoms with van der Waals surface area (Å²) in [7, 11) is 0. The number of aliphatic hydroxyl groups is 1. The van der Waals surface area contributed by atoms with Crippen LogP contribution in [0.3, 0.4) is 0 Å². The molecule has 0 atom stereocenters. The van der Waals surface area contributed by atoms with Gasteiger partial charge in [0, 0.05) is 19.1 Å². The molecule has 4 heteroatoms. The van der Waals surface area contributed by atoms with Gasteiger partial charge >= 0.3 is 6.03 Å². The quantitative estimate of drug-likeness (QED) is 0.698. The lowest BCUT2D eigenvalue weighted by atomic mass is 9.96. The summed E-state index contributed by atoms with van der Waals surface area (Å²) in [5.41, 5.74) is 0. The third kappa shape index (κ3) is 4.23. The highest BCUT2D eigenvalue weighted by Crippen LogP contribution is 2.17. The number of carbonyl (C=O) groups excluding carboxylic acids is 1. The van der Waals surface area contributed by atoms with Crippen LogP contribution in [0.4, 0.5) is 4.79 Å². The molecule has 2 N–H and O–H groups in total. The first-order valence-corrected chi connectivity index (χ1v) is 6.05. The highest BCUT2D eigenvalue weighted by Gasteiger charge is 2.18. The van der Waals surface area contributed by atoms with Crippen LogP contribution in [0.2, 0.25) is 0 Å². The molecule has 1 saturated carbocycles. The minimum atomic E-state index is -0.0825. The van der Waals surface area contributed by atoms with Crippen molar-refractivity contribution in [2.45, 2.75) is 38.1 Å². The second kappa shape index (κ2) is 7.28. The van der Waals surface area contributed by atoms with Crippen molar-refractivity contribution in [3.8, 4) is 0 Å². The molecule has 1 fully saturated rings. The monoisotopic (exact) mass is 226 g/mol. The van der Waals surface area contributed by atoms with Crippen molar-refractivity contribution in [2.24, 2.45) is 0 Å². The fraction of sp³-hybridized carbons (Fsp3) is 0.750. The summed E-state index contributed by atoms with van der Waals surface area (Å²) in [4.78, 5) is 13.4. The fourth-order valence-corrected chi connectivity index (χ4v) is 2.07. The van der Waals surface area contributed by atoms with Crippen LogP contribution < -0.4 is 5.32 Å². The molecule has 0 aromatic carbocycles. The van der Waals surface area contributed by atoms with E-state index < -0.39 is 0 Å². The number of nitrogens with one attached hydrogen (secondary N) is 1. The molecule has 0 saturated heterocycles. The number of rotatable bonds is 5. The Morgan fingerprint density at radius 3 is 2.69 bits per heavy atom. The van der Waals surface area contributed by atoms with Gasteiger partial charge in [-0.25, -0.2) is 4.79 Å². The first kappa shape index (κ1) is 13.0. The summed E-state index contributed by atoms with van der Waals surface area (Å²) >= 11 is 0. The number of carbonyl (C=O) groups is 1. The summed E-state index contributed by atoms with van der Waals surface area (Å²) in [6.07, 6.45) is 7.51. The predicted octanol–water partition coefficient (Wildman–Crippen LogP) is 1.51. The standard InChI is InChI=1S/C12H22N2O2/c1-2-8-14(9-10-15)12(16)13-11-6-4-3-5-7-11/h2,11,15H,1,3-10H2,(H,13,16). The number of urea groups is 1. The number of nitrogens with zero attached hydrogens (tertiary/aromatic N) is 1. The van der Waals surface area contributed by atoms with Crippen molar-refractivity contribution in [1.29, 1.82) is 0 Å². The van der Waals surface area contributed by atoms with Gasteiger partial charge in [0.15, 0.2) is 0 Å². The minimum absolute atomic E-state index is 0.00801. The zero-order valence-corrected chi connectivity index (χ0v) is 9.82. The molecule has 0 aromatic heterocycles. The molecule has 1 rings (SSSR count). The summed E-state index contributed by atoms with van der Waals surface area (Å²) in [6.45, 7) is 4.45. The van der Waals surface area contributed by atoms with Gasteiger partial charge in [-0.2, -0.15) is 0 Å². The van der Waals surface area contributed by atoms with E-state index in [9.17, 15) is 4.79 Å². The zero-order chi connectivity index (χ0) is 11.8. The first-order chi connectivity index (χ1) is 7.77. The van der Waals surface area contributed by atoms with Gasteiger partial charge in [0.2, 0.25) is 0 Å². The topological polar surface area (TPSA) is 52.6 Å². The summed E-state index contributed by atoms with van der Waals surface area (Å²) in [5.74, 6) is 0. The first-order valence-electron chi connectivity index (χ1n) is 6.05. The third-order valence-electron chi connectivity index (χ3n) is 2.94. The molecule has 0 radical (unpaired) electrons. The molecule has 0 aromatic rings. The van der Waals surface area contributed by atoms with E-state index in [0.717, 1.165) is 12.8 Å². The van der Waals surface area contributed by atoms with Gasteiger partial charge in [-0.05, 0) is 12.8 Å². The van der Waals surface area contributed by atoms with Crippen LogP contribution in [0.1, 0.15) is 32.1 Å². The van der Waals surface area contributed by atoms with Gasteiger partial charge < -0.3 is 15.3 Å². The molecule has 1 aliphatic rings. The van der Waals surface area contributed by atoms with Gasteiger partial charge in [0.05, 0.1) is 6.61 Å². The largest absolute Gasteiger partial charge is 0.395 e. The molecule has 1 aliphatic carbocycles. The van der Waals surface area contributed by atoms with Crippen LogP contribution in [0, 0.1) is 0 Å². The van der Waals surface area contributed by atoms with Gasteiger partial charge in [-0.15, -0.1) is 6.58 Å². The third-order valence-corrected chi connectivity index (χ3v) is 2.94. The Bertz CT molecular complexity index is 225. The highest BCUT2D eigenvalue weighted by atomic mass is 16.3. The summed E-state index contributed by atoms with van der Waals surface area (Å²) in [5, 5.41) is 11.9. The molecule has 92 valence electrons. The van der Waals surface area contributed by atoms with Crippen LogP contribution in [0.5, 0.6) is 0 Å². The van der Waals surface area contributed by atoms with E-state index in [1.807, 2.05) is 0 Å². The molecule has 4 nitrogen and oxygen atoms in total. The Labute approximate surface area is 97.3 Å². The lowest BCUT2D eigenvalue weighted by Crippen LogP contribution is -2.46. The molecule has 16 heavy (non-hydrogen) atoms. The van der Waals surface area contributed by atoms with Crippen molar-refractivity contribution < 1.29 is 9.90 Å². The average Bonchev–Trinajstić information content (AvgIpc) is 2.30. The van der Waals surface area contributed by atoms with Gasteiger partial charge in [-0.3, -0.25) is 0 Å². The molecule has 0 unspecified atom stereocenters. The maximum atomic E-state index is 11.8. The van der Waals surface area contributed by atoms with Crippen LogP contribution in [-0.2, 0) is 0 Å². The Hall–Kier alpha value is -1.03. The van der Waals surface area contributed by atoms with Crippen molar-refractivity contribution in [1.82, 2.24) is 10.2 Å². The van der Waals surface area contributed by atoms with Crippen molar-refractivity contribution in [3.05, 3.63) is 12.7 Å². The molecule has 0 aliphatic heterocycles. The number of hydrogen-bond donors (Lipinski definition) is 2. The van der Waals surface area contributed by atoms with E-state index in [4.69, 9.17) is 5.11 Å². The van der Waals surface area contributed by atoms with Crippen LogP contribution in [0.25, 0.3) is 0 Å². The Balaban J connectivity index is 2.37. The predicted molar refractivity (Wildman–Crippen MR) is 64.3 cm³/mol. The average molecular weight is 226 g/mol.